The summed E-state index contributed by atoms with van der Waals surface area (Å²) in [7, 11) is -1.26. The van der Waals surface area contributed by atoms with Gasteiger partial charge >= 0.3 is 13.1 Å². The molecule has 1 atom stereocenters. The lowest BCUT2D eigenvalue weighted by Gasteiger charge is -2.28. The minimum absolute atomic E-state index is 0.0217. The number of carbonyl (C=O) groups excluding carboxylic acids is 1. The second kappa shape index (κ2) is 5.62. The van der Waals surface area contributed by atoms with Gasteiger partial charge in [0.1, 0.15) is 22.9 Å². The predicted molar refractivity (Wildman–Crippen MR) is 69.3 cm³/mol. The molecular weight excluding hydrogens is 266 g/mol. The molecule has 106 valence electrons. The Hall–Kier alpha value is -1.89. The van der Waals surface area contributed by atoms with E-state index in [0.717, 1.165) is 6.07 Å². The molecule has 0 bridgehead atoms. The monoisotopic (exact) mass is 280 g/mol. The molecule has 2 rings (SSSR count). The van der Waals surface area contributed by atoms with Crippen molar-refractivity contribution in [3.05, 3.63) is 29.1 Å². The molecule has 0 amide bonds. The summed E-state index contributed by atoms with van der Waals surface area (Å²) >= 11 is 0. The van der Waals surface area contributed by atoms with Crippen LogP contribution in [0.4, 0.5) is 4.39 Å². The first-order valence-corrected chi connectivity index (χ1v) is 6.34. The minimum Gasteiger partial charge on any atom is -0.535 e. The molecule has 5 nitrogen and oxygen atoms in total. The van der Waals surface area contributed by atoms with Gasteiger partial charge in [-0.2, -0.15) is 0 Å². The van der Waals surface area contributed by atoms with E-state index in [1.807, 2.05) is 0 Å². The zero-order chi connectivity index (χ0) is 14.9. The van der Waals surface area contributed by atoms with Crippen LogP contribution in [-0.4, -0.2) is 29.0 Å². The standard InChI is InChI=1S/C13H14BFO5/c1-2-10(16)5-8-3-7-4-9(15)6-11(13(17)18)12(7)20-14(8)19/h4,6,8,19H,2-3,5H2,1H3,(H,17,18)/t8-/m1/s1. The predicted octanol–water partition coefficient (Wildman–Crippen LogP) is 1.68. The molecule has 0 fully saturated rings. The topological polar surface area (TPSA) is 83.8 Å². The van der Waals surface area contributed by atoms with Crippen LogP contribution in [0.25, 0.3) is 0 Å². The fourth-order valence-electron chi connectivity index (χ4n) is 2.31. The number of fused-ring (bicyclic) bond motifs is 1. The molecule has 0 aliphatic carbocycles. The Balaban J connectivity index is 2.34. The Morgan fingerprint density at radius 1 is 1.50 bits per heavy atom. The number of halogens is 1. The first kappa shape index (κ1) is 14.5. The highest BCUT2D eigenvalue weighted by molar-refractivity contribution is 6.47. The van der Waals surface area contributed by atoms with Gasteiger partial charge in [0.25, 0.3) is 0 Å². The number of hydrogen-bond donors (Lipinski definition) is 2. The third-order valence-electron chi connectivity index (χ3n) is 3.37. The van der Waals surface area contributed by atoms with Crippen molar-refractivity contribution in [2.45, 2.75) is 32.0 Å². The molecule has 0 saturated carbocycles. The molecule has 1 heterocycles. The number of Topliss-reactive ketones (excluding diaryl/α,β-unsaturated/α-hetero) is 1. The van der Waals surface area contributed by atoms with E-state index in [0.29, 0.717) is 12.0 Å². The number of carboxylic acids is 1. The smallest absolute Gasteiger partial charge is 0.526 e. The van der Waals surface area contributed by atoms with Gasteiger partial charge in [0.2, 0.25) is 0 Å². The van der Waals surface area contributed by atoms with E-state index < -0.39 is 24.7 Å². The first-order valence-electron chi connectivity index (χ1n) is 6.34. The summed E-state index contributed by atoms with van der Waals surface area (Å²) < 4.78 is 18.6. The second-order valence-corrected chi connectivity index (χ2v) is 4.82. The molecule has 0 aromatic heterocycles. The number of carboxylic acid groups (broad SMARTS) is 1. The van der Waals surface area contributed by atoms with E-state index in [-0.39, 0.29) is 29.9 Å². The summed E-state index contributed by atoms with van der Waals surface area (Å²) in [5, 5.41) is 18.9. The van der Waals surface area contributed by atoms with Crippen LogP contribution in [0, 0.1) is 5.82 Å². The van der Waals surface area contributed by atoms with Crippen LogP contribution in [0.15, 0.2) is 12.1 Å². The third-order valence-corrected chi connectivity index (χ3v) is 3.37. The molecule has 1 aromatic carbocycles. The van der Waals surface area contributed by atoms with Crippen molar-refractivity contribution < 1.29 is 28.8 Å². The normalized spacial score (nSPS) is 17.4. The maximum atomic E-state index is 13.4. The van der Waals surface area contributed by atoms with E-state index in [1.54, 1.807) is 6.92 Å². The van der Waals surface area contributed by atoms with E-state index >= 15 is 0 Å². The Kier molecular flexibility index (Phi) is 4.08. The number of carbonyl (C=O) groups is 2. The molecule has 7 heteroatoms. The molecular formula is C13H14BFO5. The van der Waals surface area contributed by atoms with Gasteiger partial charge in [-0.1, -0.05) is 6.92 Å². The lowest BCUT2D eigenvalue weighted by Crippen LogP contribution is -2.35. The lowest BCUT2D eigenvalue weighted by molar-refractivity contribution is -0.118. The SMILES string of the molecule is CCC(=O)C[C@H]1Cc2cc(F)cc(C(=O)O)c2OB1O. The zero-order valence-corrected chi connectivity index (χ0v) is 10.9. The van der Waals surface area contributed by atoms with Crippen LogP contribution in [-0.2, 0) is 11.2 Å². The van der Waals surface area contributed by atoms with Crippen molar-refractivity contribution in [3.63, 3.8) is 0 Å². The Morgan fingerprint density at radius 3 is 2.80 bits per heavy atom. The molecule has 0 spiro atoms. The Labute approximate surface area is 115 Å². The second-order valence-electron chi connectivity index (χ2n) is 4.82. The van der Waals surface area contributed by atoms with Crippen LogP contribution in [0.5, 0.6) is 5.75 Å². The summed E-state index contributed by atoms with van der Waals surface area (Å²) in [6.07, 6.45) is 0.676. The van der Waals surface area contributed by atoms with Crippen molar-refractivity contribution >= 4 is 18.9 Å². The van der Waals surface area contributed by atoms with Crippen LogP contribution in [0.3, 0.4) is 0 Å². The number of hydrogen-bond acceptors (Lipinski definition) is 4. The fraction of sp³-hybridized carbons (Fsp3) is 0.385. The van der Waals surface area contributed by atoms with Gasteiger partial charge in [-0.05, 0) is 24.1 Å². The summed E-state index contributed by atoms with van der Waals surface area (Å²) in [6.45, 7) is 1.72. The minimum atomic E-state index is -1.32. The van der Waals surface area contributed by atoms with Gasteiger partial charge in [0.15, 0.2) is 0 Å². The Morgan fingerprint density at radius 2 is 2.20 bits per heavy atom. The van der Waals surface area contributed by atoms with Gasteiger partial charge in [-0.3, -0.25) is 4.79 Å². The van der Waals surface area contributed by atoms with Gasteiger partial charge in [0, 0.05) is 18.7 Å². The molecule has 2 N–H and O–H groups in total. The quantitative estimate of drug-likeness (QED) is 0.820. The van der Waals surface area contributed by atoms with Gasteiger partial charge in [-0.25, -0.2) is 9.18 Å². The van der Waals surface area contributed by atoms with Gasteiger partial charge in [0.05, 0.1) is 0 Å². The Bertz CT molecular complexity index is 560. The molecule has 0 unspecified atom stereocenters. The van der Waals surface area contributed by atoms with Crippen molar-refractivity contribution in [1.29, 1.82) is 0 Å². The third kappa shape index (κ3) is 2.82. The first-order chi connectivity index (χ1) is 9.42. The molecule has 0 saturated heterocycles. The highest BCUT2D eigenvalue weighted by Crippen LogP contribution is 2.37. The molecule has 20 heavy (non-hydrogen) atoms. The highest BCUT2D eigenvalue weighted by atomic mass is 19.1. The van der Waals surface area contributed by atoms with Crippen LogP contribution < -0.4 is 4.65 Å². The maximum absolute atomic E-state index is 13.4. The lowest BCUT2D eigenvalue weighted by atomic mass is 9.64. The average Bonchev–Trinajstić information content (AvgIpc) is 2.39. The zero-order valence-electron chi connectivity index (χ0n) is 10.9. The molecule has 1 aliphatic heterocycles. The summed E-state index contributed by atoms with van der Waals surface area (Å²) in [5.74, 6) is -2.54. The van der Waals surface area contributed by atoms with E-state index in [1.165, 1.54) is 6.07 Å². The van der Waals surface area contributed by atoms with Gasteiger partial charge < -0.3 is 14.8 Å². The van der Waals surface area contributed by atoms with Crippen LogP contribution >= 0.6 is 0 Å². The highest BCUT2D eigenvalue weighted by Gasteiger charge is 2.37. The summed E-state index contributed by atoms with van der Waals surface area (Å²) in [5.41, 5.74) is 0.0425. The number of aromatic carboxylic acids is 1. The number of benzene rings is 1. The maximum Gasteiger partial charge on any atom is 0.526 e. The molecule has 1 aliphatic rings. The number of rotatable bonds is 4. The molecule has 0 radical (unpaired) electrons. The fourth-order valence-corrected chi connectivity index (χ4v) is 2.31. The van der Waals surface area contributed by atoms with Crippen molar-refractivity contribution in [2.75, 3.05) is 0 Å². The average molecular weight is 280 g/mol. The van der Waals surface area contributed by atoms with Crippen molar-refractivity contribution in [1.82, 2.24) is 0 Å². The largest absolute Gasteiger partial charge is 0.535 e. The van der Waals surface area contributed by atoms with Gasteiger partial charge in [-0.15, -0.1) is 0 Å². The summed E-state index contributed by atoms with van der Waals surface area (Å²) in [6, 6.07) is 2.03. The number of ketones is 1. The van der Waals surface area contributed by atoms with E-state index in [4.69, 9.17) is 9.76 Å². The molecule has 1 aromatic rings. The van der Waals surface area contributed by atoms with Crippen LogP contribution in [0.1, 0.15) is 35.7 Å². The van der Waals surface area contributed by atoms with Crippen molar-refractivity contribution in [3.8, 4) is 5.75 Å². The van der Waals surface area contributed by atoms with Crippen molar-refractivity contribution in [2.24, 2.45) is 0 Å². The summed E-state index contributed by atoms with van der Waals surface area (Å²) in [4.78, 5) is 22.5. The van der Waals surface area contributed by atoms with Crippen LogP contribution in [0.2, 0.25) is 5.82 Å². The van der Waals surface area contributed by atoms with E-state index in [9.17, 15) is 19.0 Å². The van der Waals surface area contributed by atoms with E-state index in [2.05, 4.69) is 0 Å².